The van der Waals surface area contributed by atoms with Crippen molar-refractivity contribution in [3.8, 4) is 0 Å². The molecule has 0 radical (unpaired) electrons. The molecule has 0 saturated carbocycles. The first-order valence-corrected chi connectivity index (χ1v) is 14.0. The number of benzene rings is 3. The molecular formula is C30H27ClN6OS. The van der Waals surface area contributed by atoms with Crippen LogP contribution >= 0.6 is 23.4 Å². The van der Waals surface area contributed by atoms with Gasteiger partial charge in [0, 0.05) is 44.8 Å². The number of para-hydroxylation sites is 1. The number of rotatable bonds is 6. The molecule has 0 spiro atoms. The van der Waals surface area contributed by atoms with E-state index in [4.69, 9.17) is 21.7 Å². The summed E-state index contributed by atoms with van der Waals surface area (Å²) in [5.74, 6) is 1.04. The van der Waals surface area contributed by atoms with E-state index in [0.29, 0.717) is 27.5 Å². The average Bonchev–Trinajstić information content (AvgIpc) is 3.53. The number of halogens is 1. The number of anilines is 2. The highest BCUT2D eigenvalue weighted by atomic mass is 35.5. The number of hydrogen-bond donors (Lipinski definition) is 3. The zero-order chi connectivity index (χ0) is 27.1. The largest absolute Gasteiger partial charge is 0.361 e. The van der Waals surface area contributed by atoms with Crippen LogP contribution in [0.2, 0.25) is 5.02 Å². The minimum Gasteiger partial charge on any atom is -0.361 e. The third-order valence-corrected chi connectivity index (χ3v) is 8.19. The third-order valence-electron chi connectivity index (χ3n) is 6.94. The number of H-pyrrole nitrogens is 1. The lowest BCUT2D eigenvalue weighted by atomic mass is 9.94. The lowest BCUT2D eigenvalue weighted by Crippen LogP contribution is -2.31. The van der Waals surface area contributed by atoms with Gasteiger partial charge in [-0.3, -0.25) is 4.79 Å². The molecule has 1 atom stereocenters. The maximum atomic E-state index is 13.9. The summed E-state index contributed by atoms with van der Waals surface area (Å²) in [7, 11) is 0. The number of nitrogens with one attached hydrogen (secondary N) is 3. The number of aromatic nitrogens is 4. The summed E-state index contributed by atoms with van der Waals surface area (Å²) >= 11 is 7.88. The Kier molecular flexibility index (Phi) is 6.66. The minimum absolute atomic E-state index is 0.186. The van der Waals surface area contributed by atoms with Gasteiger partial charge in [-0.05, 0) is 50.1 Å². The molecule has 196 valence electrons. The van der Waals surface area contributed by atoms with E-state index in [-0.39, 0.29) is 5.91 Å². The molecule has 0 saturated heterocycles. The standard InChI is InChI=1S/C30H27ClN6OS/c1-17-12-13-24(18(2)14-17)34-28(38)26-19(3)33-29-35-30(39-16-20-8-4-6-10-23(20)31)36-37(29)27(26)22-15-32-25-11-7-5-9-21(22)25/h4-15,27,32H,16H2,1-3H3,(H,34,38)(H,33,35,36). The minimum atomic E-state index is -0.481. The Labute approximate surface area is 235 Å². The molecular weight excluding hydrogens is 528 g/mol. The highest BCUT2D eigenvalue weighted by Gasteiger charge is 2.36. The van der Waals surface area contributed by atoms with E-state index in [9.17, 15) is 4.79 Å². The molecule has 3 heterocycles. The molecule has 9 heteroatoms. The van der Waals surface area contributed by atoms with Gasteiger partial charge in [-0.2, -0.15) is 4.98 Å². The Bertz CT molecular complexity index is 1750. The highest BCUT2D eigenvalue weighted by molar-refractivity contribution is 7.98. The number of thioether (sulfide) groups is 1. The molecule has 39 heavy (non-hydrogen) atoms. The van der Waals surface area contributed by atoms with Gasteiger partial charge in [0.05, 0.1) is 5.57 Å². The van der Waals surface area contributed by atoms with Crippen LogP contribution in [0.25, 0.3) is 10.9 Å². The zero-order valence-electron chi connectivity index (χ0n) is 21.7. The number of carbonyl (C=O) groups is 1. The number of aromatic amines is 1. The smallest absolute Gasteiger partial charge is 0.255 e. The van der Waals surface area contributed by atoms with Crippen molar-refractivity contribution in [3.63, 3.8) is 0 Å². The van der Waals surface area contributed by atoms with Crippen LogP contribution in [-0.2, 0) is 10.5 Å². The molecule has 2 aromatic heterocycles. The maximum Gasteiger partial charge on any atom is 0.255 e. The van der Waals surface area contributed by atoms with Crippen LogP contribution in [0.3, 0.4) is 0 Å². The van der Waals surface area contributed by atoms with E-state index in [0.717, 1.165) is 44.5 Å². The van der Waals surface area contributed by atoms with Crippen molar-refractivity contribution in [2.75, 3.05) is 10.6 Å². The number of carbonyl (C=O) groups excluding carboxylic acids is 1. The van der Waals surface area contributed by atoms with E-state index in [2.05, 4.69) is 27.8 Å². The van der Waals surface area contributed by atoms with Crippen molar-refractivity contribution < 1.29 is 4.79 Å². The molecule has 0 bridgehead atoms. The van der Waals surface area contributed by atoms with E-state index in [1.165, 1.54) is 11.8 Å². The predicted molar refractivity (Wildman–Crippen MR) is 158 cm³/mol. The second kappa shape index (κ2) is 10.3. The molecule has 0 aliphatic carbocycles. The van der Waals surface area contributed by atoms with Crippen molar-refractivity contribution in [2.45, 2.75) is 37.7 Å². The Balaban J connectivity index is 1.40. The second-order valence-electron chi connectivity index (χ2n) is 9.67. The van der Waals surface area contributed by atoms with Crippen molar-refractivity contribution in [2.24, 2.45) is 0 Å². The summed E-state index contributed by atoms with van der Waals surface area (Å²) in [4.78, 5) is 22.1. The summed E-state index contributed by atoms with van der Waals surface area (Å²) in [6.45, 7) is 5.95. The number of amides is 1. The molecule has 3 N–H and O–H groups in total. The zero-order valence-corrected chi connectivity index (χ0v) is 23.3. The molecule has 6 rings (SSSR count). The Hall–Kier alpha value is -4.01. The van der Waals surface area contributed by atoms with Crippen LogP contribution in [0.4, 0.5) is 11.6 Å². The van der Waals surface area contributed by atoms with Crippen LogP contribution in [0.5, 0.6) is 0 Å². The van der Waals surface area contributed by atoms with Gasteiger partial charge >= 0.3 is 0 Å². The first-order valence-electron chi connectivity index (χ1n) is 12.6. The topological polar surface area (TPSA) is 87.6 Å². The summed E-state index contributed by atoms with van der Waals surface area (Å²) < 4.78 is 1.81. The first-order chi connectivity index (χ1) is 18.9. The lowest BCUT2D eigenvalue weighted by Gasteiger charge is -2.28. The lowest BCUT2D eigenvalue weighted by molar-refractivity contribution is -0.113. The van der Waals surface area contributed by atoms with Crippen LogP contribution in [-0.4, -0.2) is 25.7 Å². The maximum absolute atomic E-state index is 13.9. The Morgan fingerprint density at radius 1 is 1.08 bits per heavy atom. The van der Waals surface area contributed by atoms with Gasteiger partial charge in [-0.15, -0.1) is 5.10 Å². The SMILES string of the molecule is CC1=C(C(=O)Nc2ccc(C)cc2C)C(c2c[nH]c3ccccc23)n2nc(SCc3ccccc3Cl)nc2N1. The van der Waals surface area contributed by atoms with Crippen molar-refractivity contribution >= 4 is 51.8 Å². The fourth-order valence-corrected chi connectivity index (χ4v) is 6.11. The van der Waals surface area contributed by atoms with Gasteiger partial charge in [0.1, 0.15) is 6.04 Å². The van der Waals surface area contributed by atoms with Gasteiger partial charge in [0.2, 0.25) is 11.1 Å². The monoisotopic (exact) mass is 554 g/mol. The third kappa shape index (κ3) is 4.82. The van der Waals surface area contributed by atoms with Gasteiger partial charge in [0.15, 0.2) is 0 Å². The van der Waals surface area contributed by atoms with Crippen LogP contribution < -0.4 is 10.6 Å². The summed E-state index contributed by atoms with van der Waals surface area (Å²) in [6, 6.07) is 21.4. The van der Waals surface area contributed by atoms with Crippen LogP contribution in [0.15, 0.2) is 89.4 Å². The number of fused-ring (bicyclic) bond motifs is 2. The van der Waals surface area contributed by atoms with E-state index in [1.807, 2.05) is 86.2 Å². The van der Waals surface area contributed by atoms with Crippen molar-refractivity contribution in [3.05, 3.63) is 111 Å². The molecule has 1 amide bonds. The van der Waals surface area contributed by atoms with Gasteiger partial charge in [-0.1, -0.05) is 77.5 Å². The first kappa shape index (κ1) is 25.3. The normalized spacial score (nSPS) is 14.8. The van der Waals surface area contributed by atoms with E-state index < -0.39 is 6.04 Å². The molecule has 5 aromatic rings. The number of hydrogen-bond acceptors (Lipinski definition) is 5. The summed E-state index contributed by atoms with van der Waals surface area (Å²) in [5, 5.41) is 13.7. The predicted octanol–water partition coefficient (Wildman–Crippen LogP) is 7.25. The molecule has 7 nitrogen and oxygen atoms in total. The highest BCUT2D eigenvalue weighted by Crippen LogP contribution is 2.40. The second-order valence-corrected chi connectivity index (χ2v) is 11.0. The summed E-state index contributed by atoms with van der Waals surface area (Å²) in [6.07, 6.45) is 1.96. The van der Waals surface area contributed by atoms with Crippen LogP contribution in [0.1, 0.15) is 35.2 Å². The molecule has 1 unspecified atom stereocenters. The van der Waals surface area contributed by atoms with Gasteiger partial charge in [-0.25, -0.2) is 4.68 Å². The number of aryl methyl sites for hydroxylation is 2. The fraction of sp³-hybridized carbons (Fsp3) is 0.167. The van der Waals surface area contributed by atoms with E-state index in [1.54, 1.807) is 0 Å². The molecule has 1 aliphatic rings. The van der Waals surface area contributed by atoms with Crippen LogP contribution in [0, 0.1) is 13.8 Å². The van der Waals surface area contributed by atoms with Gasteiger partial charge in [0.25, 0.3) is 5.91 Å². The van der Waals surface area contributed by atoms with Crippen molar-refractivity contribution in [1.29, 1.82) is 0 Å². The molecule has 0 fully saturated rings. The number of nitrogens with zero attached hydrogens (tertiary/aromatic N) is 3. The average molecular weight is 555 g/mol. The fourth-order valence-electron chi connectivity index (χ4n) is 5.00. The molecule has 3 aromatic carbocycles. The number of allylic oxidation sites excluding steroid dienone is 1. The molecule has 1 aliphatic heterocycles. The van der Waals surface area contributed by atoms with E-state index >= 15 is 0 Å². The Morgan fingerprint density at radius 2 is 1.87 bits per heavy atom. The van der Waals surface area contributed by atoms with Gasteiger partial charge < -0.3 is 15.6 Å². The van der Waals surface area contributed by atoms with Crippen molar-refractivity contribution in [1.82, 2.24) is 19.7 Å². The Morgan fingerprint density at radius 3 is 2.69 bits per heavy atom. The quantitative estimate of drug-likeness (QED) is 0.192. The summed E-state index contributed by atoms with van der Waals surface area (Å²) in [5.41, 5.74) is 7.21.